The normalized spacial score (nSPS) is 21.5. The minimum atomic E-state index is -2.50. The number of anilines is 4. The molecule has 2 N–H and O–H groups in total. The molecule has 0 atom stereocenters. The van der Waals surface area contributed by atoms with E-state index in [-0.39, 0.29) is 0 Å². The van der Waals surface area contributed by atoms with Crippen LogP contribution in [0.1, 0.15) is 25.3 Å². The van der Waals surface area contributed by atoms with Gasteiger partial charge in [0.05, 0.1) is 25.6 Å². The van der Waals surface area contributed by atoms with Gasteiger partial charge in [-0.15, -0.1) is 0 Å². The third-order valence-corrected chi connectivity index (χ3v) is 8.64. The van der Waals surface area contributed by atoms with Gasteiger partial charge in [-0.05, 0) is 37.9 Å². The standard InChI is InChI=1S/C25H30ClN5O3P/c1-33-23-20(8-6-11-31(23)17-13-25(14-17)10-12-34-16-25)29-24-27-15-18(26)22(30-24)28-19-7-4-5-9-21(19)35(2,3)32/h4-9,11,15,17H,10,12-14,16H2,1-3H3,(H2,27,28,29,30)/q+1. The van der Waals surface area contributed by atoms with E-state index in [2.05, 4.69) is 31.4 Å². The van der Waals surface area contributed by atoms with E-state index < -0.39 is 7.14 Å². The first-order valence-electron chi connectivity index (χ1n) is 11.7. The van der Waals surface area contributed by atoms with Gasteiger partial charge in [0, 0.05) is 36.2 Å². The topological polar surface area (TPSA) is 89.2 Å². The maximum Gasteiger partial charge on any atom is 0.392 e. The van der Waals surface area contributed by atoms with E-state index in [9.17, 15) is 4.57 Å². The van der Waals surface area contributed by atoms with Crippen LogP contribution < -0.4 is 25.2 Å². The van der Waals surface area contributed by atoms with Crippen molar-refractivity contribution in [2.45, 2.75) is 25.3 Å². The van der Waals surface area contributed by atoms with Crippen LogP contribution in [0.2, 0.25) is 5.02 Å². The summed E-state index contributed by atoms with van der Waals surface area (Å²) in [6, 6.07) is 11.8. The van der Waals surface area contributed by atoms with Gasteiger partial charge in [-0.2, -0.15) is 9.55 Å². The minimum Gasteiger partial charge on any atom is -0.446 e. The molecule has 2 aromatic heterocycles. The Balaban J connectivity index is 1.39. The van der Waals surface area contributed by atoms with Crippen LogP contribution in [-0.4, -0.2) is 43.6 Å². The molecule has 1 aromatic carbocycles. The quantitative estimate of drug-likeness (QED) is 0.342. The zero-order valence-corrected chi connectivity index (χ0v) is 21.8. The zero-order valence-electron chi connectivity index (χ0n) is 20.1. The fourth-order valence-corrected chi connectivity index (χ4v) is 6.32. The minimum absolute atomic E-state index is 0.323. The van der Waals surface area contributed by atoms with Crippen LogP contribution in [0.3, 0.4) is 0 Å². The fraction of sp³-hybridized carbons (Fsp3) is 0.400. The number of para-hydroxylation sites is 1. The molecule has 1 saturated carbocycles. The van der Waals surface area contributed by atoms with Crippen molar-refractivity contribution in [1.82, 2.24) is 9.97 Å². The van der Waals surface area contributed by atoms with Crippen molar-refractivity contribution in [3.63, 3.8) is 0 Å². The van der Waals surface area contributed by atoms with Crippen LogP contribution in [0, 0.1) is 5.41 Å². The number of ether oxygens (including phenoxy) is 2. The van der Waals surface area contributed by atoms with Crippen molar-refractivity contribution in [3.05, 3.63) is 53.8 Å². The lowest BCUT2D eigenvalue weighted by molar-refractivity contribution is -0.742. The van der Waals surface area contributed by atoms with Crippen LogP contribution in [-0.2, 0) is 9.30 Å². The number of hydrogen-bond acceptors (Lipinski definition) is 7. The Kier molecular flexibility index (Phi) is 6.47. The Hall–Kier alpha value is -2.67. The molecule has 1 spiro atoms. The van der Waals surface area contributed by atoms with Crippen molar-refractivity contribution < 1.29 is 18.6 Å². The lowest BCUT2D eigenvalue weighted by Crippen LogP contribution is -2.52. The molecule has 8 nitrogen and oxygen atoms in total. The number of rotatable bonds is 7. The summed E-state index contributed by atoms with van der Waals surface area (Å²) < 4.78 is 26.4. The summed E-state index contributed by atoms with van der Waals surface area (Å²) in [5.74, 6) is 1.52. The van der Waals surface area contributed by atoms with Gasteiger partial charge in [0.25, 0.3) is 0 Å². The van der Waals surface area contributed by atoms with Gasteiger partial charge in [-0.3, -0.25) is 0 Å². The van der Waals surface area contributed by atoms with Gasteiger partial charge < -0.3 is 24.7 Å². The number of methoxy groups -OCH3 is 1. The first-order chi connectivity index (χ1) is 16.8. The highest BCUT2D eigenvalue weighted by Crippen LogP contribution is 2.52. The van der Waals surface area contributed by atoms with Crippen LogP contribution in [0.5, 0.6) is 5.88 Å². The largest absolute Gasteiger partial charge is 0.446 e. The van der Waals surface area contributed by atoms with E-state index in [0.29, 0.717) is 33.9 Å². The molecule has 0 amide bonds. The van der Waals surface area contributed by atoms with Crippen molar-refractivity contribution in [2.75, 3.05) is 44.3 Å². The van der Waals surface area contributed by atoms with Gasteiger partial charge in [0.1, 0.15) is 12.2 Å². The maximum absolute atomic E-state index is 12.7. The highest BCUT2D eigenvalue weighted by Gasteiger charge is 2.52. The average molecular weight is 515 g/mol. The number of halogens is 1. The number of pyridine rings is 1. The SMILES string of the molecule is COc1c(Nc2ncc(Cl)c(Nc3ccccc3P(C)(C)=O)n2)ccc[n+]1C1CC2(CCOC2)C1. The molecule has 10 heteroatoms. The summed E-state index contributed by atoms with van der Waals surface area (Å²) in [4.78, 5) is 8.95. The molecule has 3 heterocycles. The first kappa shape index (κ1) is 24.0. The van der Waals surface area contributed by atoms with Crippen LogP contribution in [0.4, 0.5) is 23.1 Å². The molecule has 0 radical (unpaired) electrons. The van der Waals surface area contributed by atoms with Crippen molar-refractivity contribution >= 4 is 47.2 Å². The van der Waals surface area contributed by atoms with E-state index in [1.807, 2.05) is 36.4 Å². The van der Waals surface area contributed by atoms with E-state index in [0.717, 1.165) is 49.3 Å². The Morgan fingerprint density at radius 3 is 2.66 bits per heavy atom. The molecule has 5 rings (SSSR count). The molecule has 184 valence electrons. The van der Waals surface area contributed by atoms with Gasteiger partial charge in [0.15, 0.2) is 23.7 Å². The maximum atomic E-state index is 12.7. The molecule has 3 aromatic rings. The predicted octanol–water partition coefficient (Wildman–Crippen LogP) is 4.90. The molecule has 2 fully saturated rings. The zero-order chi connectivity index (χ0) is 24.6. The summed E-state index contributed by atoms with van der Waals surface area (Å²) in [6.45, 7) is 5.19. The van der Waals surface area contributed by atoms with E-state index in [4.69, 9.17) is 21.1 Å². The monoisotopic (exact) mass is 514 g/mol. The highest BCUT2D eigenvalue weighted by atomic mass is 35.5. The van der Waals surface area contributed by atoms with E-state index >= 15 is 0 Å². The molecular formula is C25H30ClN5O3P+. The number of nitrogens with zero attached hydrogens (tertiary/aromatic N) is 3. The van der Waals surface area contributed by atoms with E-state index in [1.54, 1.807) is 26.6 Å². The van der Waals surface area contributed by atoms with Crippen LogP contribution in [0.25, 0.3) is 0 Å². The second-order valence-corrected chi connectivity index (χ2v) is 13.3. The smallest absolute Gasteiger partial charge is 0.392 e. The second kappa shape index (κ2) is 9.41. The van der Waals surface area contributed by atoms with Crippen molar-refractivity contribution in [1.29, 1.82) is 0 Å². The summed E-state index contributed by atoms with van der Waals surface area (Å²) in [5, 5.41) is 7.61. The Bertz CT molecular complexity index is 1280. The third-order valence-electron chi connectivity index (χ3n) is 6.81. The number of aromatic nitrogens is 3. The third kappa shape index (κ3) is 4.88. The summed E-state index contributed by atoms with van der Waals surface area (Å²) in [5.41, 5.74) is 1.79. The number of nitrogens with one attached hydrogen (secondary N) is 2. The Labute approximate surface area is 210 Å². The van der Waals surface area contributed by atoms with Gasteiger partial charge in [-0.25, -0.2) is 4.98 Å². The molecule has 2 aliphatic rings. The van der Waals surface area contributed by atoms with E-state index in [1.165, 1.54) is 0 Å². The van der Waals surface area contributed by atoms with Gasteiger partial charge in [0.2, 0.25) is 5.95 Å². The van der Waals surface area contributed by atoms with Gasteiger partial charge >= 0.3 is 5.88 Å². The number of benzene rings is 1. The second-order valence-electron chi connectivity index (χ2n) is 9.71. The summed E-state index contributed by atoms with van der Waals surface area (Å²) >= 11 is 6.40. The highest BCUT2D eigenvalue weighted by molar-refractivity contribution is 7.70. The Morgan fingerprint density at radius 1 is 1.17 bits per heavy atom. The first-order valence-corrected chi connectivity index (χ1v) is 14.6. The van der Waals surface area contributed by atoms with Crippen LogP contribution in [0.15, 0.2) is 48.8 Å². The molecule has 0 unspecified atom stereocenters. The summed E-state index contributed by atoms with van der Waals surface area (Å²) in [7, 11) is -0.829. The molecular weight excluding hydrogens is 485 g/mol. The van der Waals surface area contributed by atoms with Crippen LogP contribution >= 0.6 is 18.7 Å². The molecule has 1 saturated heterocycles. The van der Waals surface area contributed by atoms with Crippen molar-refractivity contribution in [2.24, 2.45) is 5.41 Å². The number of hydrogen-bond donors (Lipinski definition) is 2. The fourth-order valence-electron chi connectivity index (χ4n) is 5.03. The Morgan fingerprint density at radius 2 is 1.94 bits per heavy atom. The molecule has 1 aliphatic carbocycles. The van der Waals surface area contributed by atoms with Crippen molar-refractivity contribution in [3.8, 4) is 5.88 Å². The lowest BCUT2D eigenvalue weighted by Gasteiger charge is -2.40. The van der Waals surface area contributed by atoms with Gasteiger partial charge in [-0.1, -0.05) is 23.7 Å². The molecule has 1 aliphatic heterocycles. The molecule has 0 bridgehead atoms. The summed E-state index contributed by atoms with van der Waals surface area (Å²) in [6.07, 6.45) is 6.89. The predicted molar refractivity (Wildman–Crippen MR) is 138 cm³/mol. The lowest BCUT2D eigenvalue weighted by atomic mass is 9.65. The average Bonchev–Trinajstić information content (AvgIpc) is 3.30. The molecule has 35 heavy (non-hydrogen) atoms.